The van der Waals surface area contributed by atoms with Gasteiger partial charge in [-0.25, -0.2) is 4.68 Å². The van der Waals surface area contributed by atoms with Crippen molar-refractivity contribution in [3.63, 3.8) is 0 Å². The maximum absolute atomic E-state index is 10.7. The average molecular weight is 244 g/mol. The molecular formula is C14H16N2O2. The second kappa shape index (κ2) is 4.55. The van der Waals surface area contributed by atoms with E-state index >= 15 is 0 Å². The van der Waals surface area contributed by atoms with E-state index in [1.165, 1.54) is 0 Å². The van der Waals surface area contributed by atoms with Crippen molar-refractivity contribution >= 4 is 0 Å². The van der Waals surface area contributed by atoms with Gasteiger partial charge in [-0.3, -0.25) is 0 Å². The average Bonchev–Trinajstić information content (AvgIpc) is 2.91. The van der Waals surface area contributed by atoms with Crippen molar-refractivity contribution in [1.82, 2.24) is 9.78 Å². The Kier molecular flexibility index (Phi) is 2.89. The highest BCUT2D eigenvalue weighted by molar-refractivity contribution is 5.34. The largest absolute Gasteiger partial charge is 0.383 e. The number of rotatable bonds is 2. The lowest BCUT2D eigenvalue weighted by Crippen LogP contribution is -2.35. The molecule has 1 aromatic heterocycles. The van der Waals surface area contributed by atoms with Crippen molar-refractivity contribution in [2.75, 3.05) is 13.2 Å². The maximum atomic E-state index is 10.7. The van der Waals surface area contributed by atoms with E-state index in [0.29, 0.717) is 26.1 Å². The standard InChI is InChI=1S/C14H16N2O2/c17-14(7-10-18-11-8-14)13-6-9-15-16(13)12-4-2-1-3-5-12/h1-6,9,17H,7-8,10-11H2. The Morgan fingerprint density at radius 2 is 1.83 bits per heavy atom. The van der Waals surface area contributed by atoms with Crippen LogP contribution in [0.2, 0.25) is 0 Å². The highest BCUT2D eigenvalue weighted by Gasteiger charge is 2.35. The molecule has 4 nitrogen and oxygen atoms in total. The number of hydrogen-bond donors (Lipinski definition) is 1. The molecule has 0 saturated carbocycles. The highest BCUT2D eigenvalue weighted by atomic mass is 16.5. The number of para-hydroxylation sites is 1. The summed E-state index contributed by atoms with van der Waals surface area (Å²) in [6.07, 6.45) is 2.97. The van der Waals surface area contributed by atoms with Crippen LogP contribution in [0.15, 0.2) is 42.6 Å². The molecule has 0 spiro atoms. The molecule has 0 amide bonds. The summed E-state index contributed by atoms with van der Waals surface area (Å²) in [6, 6.07) is 11.8. The normalized spacial score (nSPS) is 18.7. The van der Waals surface area contributed by atoms with E-state index in [9.17, 15) is 5.11 Å². The van der Waals surface area contributed by atoms with Crippen LogP contribution in [0.25, 0.3) is 5.69 Å². The number of nitrogens with zero attached hydrogens (tertiary/aromatic N) is 2. The van der Waals surface area contributed by atoms with E-state index in [1.807, 2.05) is 41.1 Å². The minimum Gasteiger partial charge on any atom is -0.383 e. The molecule has 1 aromatic carbocycles. The van der Waals surface area contributed by atoms with Gasteiger partial charge in [0, 0.05) is 32.3 Å². The van der Waals surface area contributed by atoms with Crippen LogP contribution in [0.3, 0.4) is 0 Å². The lowest BCUT2D eigenvalue weighted by molar-refractivity contribution is -0.0718. The Labute approximate surface area is 106 Å². The summed E-state index contributed by atoms with van der Waals surface area (Å²) in [4.78, 5) is 0. The van der Waals surface area contributed by atoms with E-state index in [1.54, 1.807) is 6.20 Å². The van der Waals surface area contributed by atoms with Crippen LogP contribution in [-0.4, -0.2) is 28.1 Å². The first-order chi connectivity index (χ1) is 8.80. The quantitative estimate of drug-likeness (QED) is 0.877. The van der Waals surface area contributed by atoms with Crippen molar-refractivity contribution < 1.29 is 9.84 Å². The summed E-state index contributed by atoms with van der Waals surface area (Å²) in [5.41, 5.74) is 0.985. The van der Waals surface area contributed by atoms with Gasteiger partial charge in [0.1, 0.15) is 5.60 Å². The zero-order valence-corrected chi connectivity index (χ0v) is 10.1. The summed E-state index contributed by atoms with van der Waals surface area (Å²) in [6.45, 7) is 1.19. The van der Waals surface area contributed by atoms with Gasteiger partial charge in [-0.2, -0.15) is 5.10 Å². The van der Waals surface area contributed by atoms with Crippen LogP contribution < -0.4 is 0 Å². The SMILES string of the molecule is OC1(c2ccnn2-c2ccccc2)CCOCC1. The van der Waals surface area contributed by atoms with Crippen molar-refractivity contribution in [2.24, 2.45) is 0 Å². The van der Waals surface area contributed by atoms with Crippen molar-refractivity contribution in [3.8, 4) is 5.69 Å². The fourth-order valence-electron chi connectivity index (χ4n) is 2.40. The second-order valence-corrected chi connectivity index (χ2v) is 4.61. The third kappa shape index (κ3) is 1.94. The molecule has 3 rings (SSSR count). The van der Waals surface area contributed by atoms with Crippen molar-refractivity contribution in [2.45, 2.75) is 18.4 Å². The molecule has 0 radical (unpaired) electrons. The molecular weight excluding hydrogens is 228 g/mol. The predicted molar refractivity (Wildman–Crippen MR) is 67.5 cm³/mol. The molecule has 0 atom stereocenters. The van der Waals surface area contributed by atoms with Crippen LogP contribution in [0.5, 0.6) is 0 Å². The maximum Gasteiger partial charge on any atom is 0.111 e. The lowest BCUT2D eigenvalue weighted by atomic mass is 9.90. The Balaban J connectivity index is 2.01. The van der Waals surface area contributed by atoms with E-state index < -0.39 is 5.60 Å². The van der Waals surface area contributed by atoms with Gasteiger partial charge in [0.15, 0.2) is 0 Å². The third-order valence-electron chi connectivity index (χ3n) is 3.44. The van der Waals surface area contributed by atoms with Gasteiger partial charge < -0.3 is 9.84 Å². The van der Waals surface area contributed by atoms with Crippen LogP contribution >= 0.6 is 0 Å². The van der Waals surface area contributed by atoms with Gasteiger partial charge in [-0.1, -0.05) is 18.2 Å². The zero-order chi connectivity index (χ0) is 12.4. The molecule has 0 bridgehead atoms. The van der Waals surface area contributed by atoms with Gasteiger partial charge in [0.2, 0.25) is 0 Å². The molecule has 1 fully saturated rings. The molecule has 1 N–H and O–H groups in total. The van der Waals surface area contributed by atoms with Gasteiger partial charge in [-0.05, 0) is 18.2 Å². The number of hydrogen-bond acceptors (Lipinski definition) is 3. The number of ether oxygens (including phenoxy) is 1. The van der Waals surface area contributed by atoms with E-state index in [2.05, 4.69) is 5.10 Å². The second-order valence-electron chi connectivity index (χ2n) is 4.61. The monoisotopic (exact) mass is 244 g/mol. The van der Waals surface area contributed by atoms with E-state index in [-0.39, 0.29) is 0 Å². The Hall–Kier alpha value is -1.65. The predicted octanol–water partition coefficient (Wildman–Crippen LogP) is 1.87. The lowest BCUT2D eigenvalue weighted by Gasteiger charge is -2.32. The molecule has 2 aromatic rings. The fraction of sp³-hybridized carbons (Fsp3) is 0.357. The van der Waals surface area contributed by atoms with Crippen LogP contribution in [-0.2, 0) is 10.3 Å². The van der Waals surface area contributed by atoms with Crippen LogP contribution in [0.1, 0.15) is 18.5 Å². The summed E-state index contributed by atoms with van der Waals surface area (Å²) >= 11 is 0. The molecule has 4 heteroatoms. The first-order valence-electron chi connectivity index (χ1n) is 6.20. The van der Waals surface area contributed by atoms with Crippen LogP contribution in [0.4, 0.5) is 0 Å². The molecule has 18 heavy (non-hydrogen) atoms. The topological polar surface area (TPSA) is 47.3 Å². The molecule has 0 aliphatic carbocycles. The number of aliphatic hydroxyl groups is 1. The summed E-state index contributed by atoms with van der Waals surface area (Å²) in [5, 5.41) is 15.1. The van der Waals surface area contributed by atoms with Crippen LogP contribution in [0, 0.1) is 0 Å². The Morgan fingerprint density at radius 1 is 1.11 bits per heavy atom. The summed E-state index contributed by atoms with van der Waals surface area (Å²) < 4.78 is 7.13. The fourth-order valence-corrected chi connectivity index (χ4v) is 2.40. The number of benzene rings is 1. The minimum absolute atomic E-state index is 0.594. The molecule has 1 aliphatic rings. The minimum atomic E-state index is -0.829. The first-order valence-corrected chi connectivity index (χ1v) is 6.20. The first kappa shape index (κ1) is 11.4. The van der Waals surface area contributed by atoms with E-state index in [0.717, 1.165) is 11.4 Å². The van der Waals surface area contributed by atoms with Crippen molar-refractivity contribution in [3.05, 3.63) is 48.3 Å². The molecule has 0 unspecified atom stereocenters. The Morgan fingerprint density at radius 3 is 2.56 bits per heavy atom. The number of aromatic nitrogens is 2. The zero-order valence-electron chi connectivity index (χ0n) is 10.1. The molecule has 1 saturated heterocycles. The van der Waals surface area contributed by atoms with Gasteiger partial charge in [0.05, 0.1) is 11.4 Å². The van der Waals surface area contributed by atoms with Gasteiger partial charge >= 0.3 is 0 Å². The molecule has 2 heterocycles. The smallest absolute Gasteiger partial charge is 0.111 e. The molecule has 94 valence electrons. The van der Waals surface area contributed by atoms with Crippen molar-refractivity contribution in [1.29, 1.82) is 0 Å². The Bertz CT molecular complexity index is 516. The highest BCUT2D eigenvalue weighted by Crippen LogP contribution is 2.32. The molecule has 1 aliphatic heterocycles. The third-order valence-corrected chi connectivity index (χ3v) is 3.44. The van der Waals surface area contributed by atoms with Gasteiger partial charge in [0.25, 0.3) is 0 Å². The summed E-state index contributed by atoms with van der Waals surface area (Å²) in [5.74, 6) is 0. The van der Waals surface area contributed by atoms with E-state index in [4.69, 9.17) is 4.74 Å². The van der Waals surface area contributed by atoms with Gasteiger partial charge in [-0.15, -0.1) is 0 Å². The summed E-state index contributed by atoms with van der Waals surface area (Å²) in [7, 11) is 0.